The molecule has 1 atom stereocenters. The van der Waals surface area contributed by atoms with E-state index in [4.69, 9.17) is 4.74 Å². The van der Waals surface area contributed by atoms with E-state index in [1.165, 1.54) is 0 Å². The van der Waals surface area contributed by atoms with Gasteiger partial charge in [0.1, 0.15) is 11.4 Å². The van der Waals surface area contributed by atoms with Gasteiger partial charge in [-0.15, -0.1) is 0 Å². The summed E-state index contributed by atoms with van der Waals surface area (Å²) in [6.45, 7) is 2.65. The maximum atomic E-state index is 13.6. The molecule has 4 rings (SSSR count). The van der Waals surface area contributed by atoms with Crippen LogP contribution in [0.2, 0.25) is 0 Å². The number of hydrogen-bond donors (Lipinski definition) is 1. The van der Waals surface area contributed by atoms with E-state index in [0.717, 1.165) is 73.2 Å². The molecule has 1 aliphatic heterocycles. The van der Waals surface area contributed by atoms with Crippen molar-refractivity contribution in [3.05, 3.63) is 52.3 Å². The van der Waals surface area contributed by atoms with Gasteiger partial charge in [-0.25, -0.2) is 0 Å². The molecule has 0 unspecified atom stereocenters. The maximum Gasteiger partial charge on any atom is 0.271 e. The molecule has 0 spiro atoms. The van der Waals surface area contributed by atoms with Gasteiger partial charge in [-0.05, 0) is 55.9 Å². The number of methoxy groups -OCH3 is 1. The molecule has 5 heteroatoms. The largest absolute Gasteiger partial charge is 0.497 e. The van der Waals surface area contributed by atoms with E-state index in [1.807, 2.05) is 24.0 Å². The lowest BCUT2D eigenvalue weighted by Crippen LogP contribution is -2.35. The number of aromatic nitrogens is 1. The Kier molecular flexibility index (Phi) is 5.25. The molecule has 1 aromatic heterocycles. The second-order valence-corrected chi connectivity index (χ2v) is 7.89. The standard InChI is InChI=1S/C23H28N2O3/c1-15-21-18(7-6-9-20(21)26)24-22(15)23(27)25-14-5-3-4-8-19(25)16-10-12-17(28-2)13-11-16/h10-13,19,24H,3-9,14H2,1-2H3/t19-/m1/s1. The number of fused-ring (bicyclic) bond motifs is 1. The fourth-order valence-electron chi connectivity index (χ4n) is 4.66. The number of aryl methyl sites for hydroxylation is 1. The molecule has 28 heavy (non-hydrogen) atoms. The van der Waals surface area contributed by atoms with E-state index in [-0.39, 0.29) is 17.7 Å². The Bertz CT molecular complexity index is 882. The highest BCUT2D eigenvalue weighted by molar-refractivity contribution is 6.04. The Morgan fingerprint density at radius 3 is 2.61 bits per heavy atom. The summed E-state index contributed by atoms with van der Waals surface area (Å²) in [5, 5.41) is 0. The number of rotatable bonds is 3. The van der Waals surface area contributed by atoms with Gasteiger partial charge in [-0.2, -0.15) is 0 Å². The number of nitrogens with one attached hydrogen (secondary N) is 1. The summed E-state index contributed by atoms with van der Waals surface area (Å²) in [6, 6.07) is 8.09. The molecule has 1 aromatic carbocycles. The molecule has 5 nitrogen and oxygen atoms in total. The number of Topliss-reactive ketones (excluding diaryl/α,β-unsaturated/α-hetero) is 1. The molecule has 1 saturated heterocycles. The van der Waals surface area contributed by atoms with E-state index >= 15 is 0 Å². The molecule has 2 heterocycles. The van der Waals surface area contributed by atoms with Crippen LogP contribution >= 0.6 is 0 Å². The van der Waals surface area contributed by atoms with Gasteiger partial charge in [-0.1, -0.05) is 25.0 Å². The summed E-state index contributed by atoms with van der Waals surface area (Å²) < 4.78 is 5.28. The van der Waals surface area contributed by atoms with Gasteiger partial charge >= 0.3 is 0 Å². The molecule has 0 bridgehead atoms. The molecule has 2 aliphatic rings. The molecule has 1 amide bonds. The van der Waals surface area contributed by atoms with Crippen molar-refractivity contribution in [3.63, 3.8) is 0 Å². The first-order valence-electron chi connectivity index (χ1n) is 10.3. The third-order valence-corrected chi connectivity index (χ3v) is 6.17. The molecular weight excluding hydrogens is 352 g/mol. The van der Waals surface area contributed by atoms with Crippen molar-refractivity contribution in [3.8, 4) is 5.75 Å². The SMILES string of the molecule is COc1ccc([C@H]2CCCCCN2C(=O)c2[nH]c3c(c2C)C(=O)CCC3)cc1. The number of carbonyl (C=O) groups is 2. The lowest BCUT2D eigenvalue weighted by Gasteiger charge is -2.30. The Morgan fingerprint density at radius 1 is 1.11 bits per heavy atom. The monoisotopic (exact) mass is 380 g/mol. The zero-order valence-corrected chi connectivity index (χ0v) is 16.7. The van der Waals surface area contributed by atoms with E-state index in [0.29, 0.717) is 12.1 Å². The number of ketones is 1. The quantitative estimate of drug-likeness (QED) is 0.846. The van der Waals surface area contributed by atoms with E-state index in [1.54, 1.807) is 7.11 Å². The van der Waals surface area contributed by atoms with E-state index in [2.05, 4.69) is 17.1 Å². The number of H-pyrrole nitrogens is 1. The van der Waals surface area contributed by atoms with Crippen LogP contribution in [0.3, 0.4) is 0 Å². The van der Waals surface area contributed by atoms with Crippen molar-refractivity contribution in [2.24, 2.45) is 0 Å². The van der Waals surface area contributed by atoms with Gasteiger partial charge < -0.3 is 14.6 Å². The summed E-state index contributed by atoms with van der Waals surface area (Å²) in [5.41, 5.74) is 4.25. The van der Waals surface area contributed by atoms with Crippen LogP contribution in [-0.4, -0.2) is 35.2 Å². The van der Waals surface area contributed by atoms with Crippen LogP contribution in [-0.2, 0) is 6.42 Å². The summed E-state index contributed by atoms with van der Waals surface area (Å²) in [5.74, 6) is 1.00. The molecular formula is C23H28N2O3. The van der Waals surface area contributed by atoms with E-state index < -0.39 is 0 Å². The fraction of sp³-hybridized carbons (Fsp3) is 0.478. The smallest absolute Gasteiger partial charge is 0.271 e. The molecule has 0 saturated carbocycles. The predicted octanol–water partition coefficient (Wildman–Crippen LogP) is 4.61. The van der Waals surface area contributed by atoms with Gasteiger partial charge in [0.15, 0.2) is 5.78 Å². The molecule has 0 radical (unpaired) electrons. The first-order chi connectivity index (χ1) is 13.6. The third-order valence-electron chi connectivity index (χ3n) is 6.17. The van der Waals surface area contributed by atoms with Crippen LogP contribution in [0.4, 0.5) is 0 Å². The summed E-state index contributed by atoms with van der Waals surface area (Å²) in [6.07, 6.45) is 6.49. The average Bonchev–Trinajstić information content (AvgIpc) is 2.90. The minimum absolute atomic E-state index is 0.0161. The number of nitrogens with zero attached hydrogens (tertiary/aromatic N) is 1. The summed E-state index contributed by atoms with van der Waals surface area (Å²) in [7, 11) is 1.66. The van der Waals surface area contributed by atoms with Crippen molar-refractivity contribution in [1.82, 2.24) is 9.88 Å². The fourth-order valence-corrected chi connectivity index (χ4v) is 4.66. The van der Waals surface area contributed by atoms with Crippen LogP contribution in [0.15, 0.2) is 24.3 Å². The van der Waals surface area contributed by atoms with Crippen LogP contribution in [0.1, 0.15) is 82.2 Å². The molecule has 2 aromatic rings. The van der Waals surface area contributed by atoms with Crippen molar-refractivity contribution in [1.29, 1.82) is 0 Å². The topological polar surface area (TPSA) is 62.4 Å². The lowest BCUT2D eigenvalue weighted by molar-refractivity contribution is 0.0674. The van der Waals surface area contributed by atoms with Crippen LogP contribution in [0.25, 0.3) is 0 Å². The van der Waals surface area contributed by atoms with Crippen molar-refractivity contribution < 1.29 is 14.3 Å². The summed E-state index contributed by atoms with van der Waals surface area (Å²) in [4.78, 5) is 31.2. The number of benzene rings is 1. The minimum Gasteiger partial charge on any atom is -0.497 e. The number of aromatic amines is 1. The van der Waals surface area contributed by atoms with Crippen LogP contribution < -0.4 is 4.74 Å². The molecule has 1 N–H and O–H groups in total. The van der Waals surface area contributed by atoms with Gasteiger partial charge in [0.2, 0.25) is 0 Å². The van der Waals surface area contributed by atoms with Crippen LogP contribution in [0.5, 0.6) is 5.75 Å². The second-order valence-electron chi connectivity index (χ2n) is 7.89. The number of carbonyl (C=O) groups excluding carboxylic acids is 2. The molecule has 1 fully saturated rings. The number of ether oxygens (including phenoxy) is 1. The Balaban J connectivity index is 1.68. The highest BCUT2D eigenvalue weighted by Crippen LogP contribution is 2.34. The Hall–Kier alpha value is -2.56. The minimum atomic E-state index is 0.0161. The predicted molar refractivity (Wildman–Crippen MR) is 108 cm³/mol. The number of amides is 1. The Morgan fingerprint density at radius 2 is 1.89 bits per heavy atom. The van der Waals surface area contributed by atoms with Gasteiger partial charge in [0, 0.05) is 24.2 Å². The maximum absolute atomic E-state index is 13.6. The normalized spacial score (nSPS) is 19.9. The lowest BCUT2D eigenvalue weighted by atomic mass is 9.93. The Labute approximate surface area is 166 Å². The molecule has 148 valence electrons. The second kappa shape index (κ2) is 7.82. The van der Waals surface area contributed by atoms with Crippen molar-refractivity contribution in [2.75, 3.05) is 13.7 Å². The first kappa shape index (κ1) is 18.8. The number of hydrogen-bond acceptors (Lipinski definition) is 3. The summed E-state index contributed by atoms with van der Waals surface area (Å²) >= 11 is 0. The highest BCUT2D eigenvalue weighted by atomic mass is 16.5. The van der Waals surface area contributed by atoms with Crippen LogP contribution in [0, 0.1) is 6.92 Å². The number of likely N-dealkylation sites (tertiary alicyclic amines) is 1. The highest BCUT2D eigenvalue weighted by Gasteiger charge is 2.32. The van der Waals surface area contributed by atoms with Gasteiger partial charge in [0.25, 0.3) is 5.91 Å². The zero-order chi connectivity index (χ0) is 19.7. The molecule has 1 aliphatic carbocycles. The van der Waals surface area contributed by atoms with Gasteiger partial charge in [-0.3, -0.25) is 9.59 Å². The van der Waals surface area contributed by atoms with Gasteiger partial charge in [0.05, 0.1) is 13.2 Å². The third kappa shape index (κ3) is 3.34. The average molecular weight is 380 g/mol. The zero-order valence-electron chi connectivity index (χ0n) is 16.7. The van der Waals surface area contributed by atoms with E-state index in [9.17, 15) is 9.59 Å². The first-order valence-corrected chi connectivity index (χ1v) is 10.3. The van der Waals surface area contributed by atoms with Crippen molar-refractivity contribution in [2.45, 2.75) is 57.9 Å². The van der Waals surface area contributed by atoms with Crippen molar-refractivity contribution >= 4 is 11.7 Å².